The van der Waals surface area contributed by atoms with Gasteiger partial charge in [0.05, 0.1) is 34.5 Å². The van der Waals surface area contributed by atoms with E-state index in [9.17, 15) is 9.18 Å². The summed E-state index contributed by atoms with van der Waals surface area (Å²) in [6.07, 6.45) is 5.01. The summed E-state index contributed by atoms with van der Waals surface area (Å²) in [4.78, 5) is 32.1. The first kappa shape index (κ1) is 28.8. The first-order valence-corrected chi connectivity index (χ1v) is 14.8. The summed E-state index contributed by atoms with van der Waals surface area (Å²) in [6.45, 7) is 1.51. The van der Waals surface area contributed by atoms with Crippen LogP contribution in [0.15, 0.2) is 97.5 Å². The highest BCUT2D eigenvalue weighted by Gasteiger charge is 2.17. The van der Waals surface area contributed by atoms with Gasteiger partial charge in [0.2, 0.25) is 0 Å². The number of hydrogen-bond donors (Lipinski definition) is 4. The number of fused-ring (bicyclic) bond motifs is 2. The van der Waals surface area contributed by atoms with E-state index in [-0.39, 0.29) is 11.7 Å². The van der Waals surface area contributed by atoms with Crippen molar-refractivity contribution in [3.05, 3.63) is 109 Å². The number of nitrogens with zero attached hydrogens (tertiary/aromatic N) is 5. The lowest BCUT2D eigenvalue weighted by Crippen LogP contribution is -2.20. The van der Waals surface area contributed by atoms with Crippen LogP contribution < -0.4 is 10.6 Å². The molecule has 0 spiro atoms. The fourth-order valence-corrected chi connectivity index (χ4v) is 5.35. The topological polar surface area (TPSA) is 128 Å². The van der Waals surface area contributed by atoms with Crippen molar-refractivity contribution in [1.82, 2.24) is 35.0 Å². The number of anilines is 2. The lowest BCUT2D eigenvalue weighted by molar-refractivity contribution is 0.102. The maximum Gasteiger partial charge on any atom is 0.255 e. The van der Waals surface area contributed by atoms with Crippen LogP contribution in [-0.4, -0.2) is 68.1 Å². The molecule has 0 unspecified atom stereocenters. The van der Waals surface area contributed by atoms with Crippen molar-refractivity contribution in [2.24, 2.45) is 0 Å². The molecule has 0 bridgehead atoms. The first-order valence-electron chi connectivity index (χ1n) is 14.8. The van der Waals surface area contributed by atoms with Gasteiger partial charge in [-0.1, -0.05) is 18.2 Å². The number of nitrogens with one attached hydrogen (secondary N) is 4. The Morgan fingerprint density at radius 2 is 1.74 bits per heavy atom. The maximum atomic E-state index is 14.7. The van der Waals surface area contributed by atoms with Gasteiger partial charge in [-0.15, -0.1) is 0 Å². The van der Waals surface area contributed by atoms with Crippen LogP contribution in [0.3, 0.4) is 0 Å². The molecule has 228 valence electrons. The quantitative estimate of drug-likeness (QED) is 0.145. The molecule has 5 heterocycles. The van der Waals surface area contributed by atoms with E-state index in [1.165, 1.54) is 12.1 Å². The number of carbonyl (C=O) groups excluding carboxylic acids is 1. The summed E-state index contributed by atoms with van der Waals surface area (Å²) >= 11 is 0. The molecule has 4 N–H and O–H groups in total. The molecular formula is C35H30FN9O. The van der Waals surface area contributed by atoms with Crippen molar-refractivity contribution in [3.63, 3.8) is 0 Å². The SMILES string of the molecule is CN(C)CCNc1cc(F)cc(-c2nccc3[nH]c(-c4n[nH]c5ccc(-c6cncc(NC(=O)c7ccccc7)c6)nc45)cc23)c1. The van der Waals surface area contributed by atoms with E-state index in [2.05, 4.69) is 40.7 Å². The highest BCUT2D eigenvalue weighted by Crippen LogP contribution is 2.34. The molecule has 0 radical (unpaired) electrons. The molecule has 10 nitrogen and oxygen atoms in total. The van der Waals surface area contributed by atoms with Crippen molar-refractivity contribution in [1.29, 1.82) is 0 Å². The van der Waals surface area contributed by atoms with E-state index < -0.39 is 0 Å². The molecule has 0 aliphatic rings. The van der Waals surface area contributed by atoms with Crippen molar-refractivity contribution in [3.8, 4) is 33.9 Å². The zero-order valence-electron chi connectivity index (χ0n) is 25.2. The van der Waals surface area contributed by atoms with E-state index in [0.29, 0.717) is 51.6 Å². The molecule has 0 aliphatic heterocycles. The summed E-state index contributed by atoms with van der Waals surface area (Å²) in [5.74, 6) is -0.560. The minimum atomic E-state index is -0.340. The van der Waals surface area contributed by atoms with Crippen LogP contribution in [0.2, 0.25) is 0 Å². The third-order valence-corrected chi connectivity index (χ3v) is 7.60. The van der Waals surface area contributed by atoms with Crippen LogP contribution in [-0.2, 0) is 0 Å². The molecule has 7 rings (SSSR count). The van der Waals surface area contributed by atoms with E-state index in [1.54, 1.807) is 30.7 Å². The highest BCUT2D eigenvalue weighted by molar-refractivity contribution is 6.04. The predicted octanol–water partition coefficient (Wildman–Crippen LogP) is 6.60. The van der Waals surface area contributed by atoms with Gasteiger partial charge in [-0.05, 0) is 74.8 Å². The number of likely N-dealkylation sites (N-methyl/N-ethyl adjacent to an activating group) is 1. The maximum absolute atomic E-state index is 14.7. The zero-order chi connectivity index (χ0) is 31.6. The van der Waals surface area contributed by atoms with Crippen LogP contribution >= 0.6 is 0 Å². The number of aromatic amines is 2. The van der Waals surface area contributed by atoms with Crippen molar-refractivity contribution >= 4 is 39.2 Å². The average molecular weight is 612 g/mol. The van der Waals surface area contributed by atoms with Gasteiger partial charge in [-0.2, -0.15) is 5.10 Å². The number of benzene rings is 2. The molecule has 0 saturated carbocycles. The monoisotopic (exact) mass is 611 g/mol. The number of halogens is 1. The molecule has 0 aliphatic carbocycles. The van der Waals surface area contributed by atoms with Crippen LogP contribution in [0, 0.1) is 5.82 Å². The second-order valence-electron chi connectivity index (χ2n) is 11.2. The van der Waals surface area contributed by atoms with Crippen molar-refractivity contribution in [2.45, 2.75) is 0 Å². The molecule has 0 fully saturated rings. The molecule has 0 atom stereocenters. The summed E-state index contributed by atoms with van der Waals surface area (Å²) < 4.78 is 14.7. The van der Waals surface area contributed by atoms with E-state index in [4.69, 9.17) is 4.98 Å². The Morgan fingerprint density at radius 1 is 0.891 bits per heavy atom. The number of hydrogen-bond acceptors (Lipinski definition) is 7. The Balaban J connectivity index is 1.21. The fraction of sp³-hybridized carbons (Fsp3) is 0.114. The first-order chi connectivity index (χ1) is 22.4. The summed E-state index contributed by atoms with van der Waals surface area (Å²) in [5, 5.41) is 14.7. The van der Waals surface area contributed by atoms with Crippen molar-refractivity contribution in [2.75, 3.05) is 37.8 Å². The van der Waals surface area contributed by atoms with Gasteiger partial charge in [-0.3, -0.25) is 19.9 Å². The lowest BCUT2D eigenvalue weighted by Gasteiger charge is -2.12. The van der Waals surface area contributed by atoms with Gasteiger partial charge in [0.15, 0.2) is 0 Å². The molecular weight excluding hydrogens is 581 g/mol. The number of rotatable bonds is 9. The number of carbonyl (C=O) groups is 1. The smallest absolute Gasteiger partial charge is 0.255 e. The Labute approximate surface area is 263 Å². The van der Waals surface area contributed by atoms with Gasteiger partial charge < -0.3 is 20.5 Å². The van der Waals surface area contributed by atoms with Gasteiger partial charge in [0.1, 0.15) is 17.0 Å². The second-order valence-corrected chi connectivity index (χ2v) is 11.2. The van der Waals surface area contributed by atoms with Gasteiger partial charge in [-0.25, -0.2) is 9.37 Å². The molecule has 2 aromatic carbocycles. The van der Waals surface area contributed by atoms with Crippen LogP contribution in [0.25, 0.3) is 55.8 Å². The molecule has 11 heteroatoms. The van der Waals surface area contributed by atoms with Gasteiger partial charge in [0.25, 0.3) is 5.91 Å². The minimum absolute atomic E-state index is 0.220. The molecule has 7 aromatic rings. The number of pyridine rings is 3. The zero-order valence-corrected chi connectivity index (χ0v) is 25.2. The van der Waals surface area contributed by atoms with Crippen molar-refractivity contribution < 1.29 is 9.18 Å². The third-order valence-electron chi connectivity index (χ3n) is 7.60. The normalized spacial score (nSPS) is 11.4. The molecule has 0 saturated heterocycles. The second kappa shape index (κ2) is 12.2. The average Bonchev–Trinajstić information content (AvgIpc) is 3.69. The largest absolute Gasteiger partial charge is 0.384 e. The van der Waals surface area contributed by atoms with Crippen LogP contribution in [0.5, 0.6) is 0 Å². The fourth-order valence-electron chi connectivity index (χ4n) is 5.35. The van der Waals surface area contributed by atoms with E-state index in [1.807, 2.05) is 68.7 Å². The number of aromatic nitrogens is 6. The Kier molecular flexibility index (Phi) is 7.65. The minimum Gasteiger partial charge on any atom is -0.384 e. The number of amides is 1. The summed E-state index contributed by atoms with van der Waals surface area (Å²) in [5.41, 5.74) is 8.18. The molecule has 5 aromatic heterocycles. The number of H-pyrrole nitrogens is 2. The van der Waals surface area contributed by atoms with E-state index in [0.717, 1.165) is 34.2 Å². The predicted molar refractivity (Wildman–Crippen MR) is 179 cm³/mol. The van der Waals surface area contributed by atoms with Gasteiger partial charge in [0, 0.05) is 58.8 Å². The molecule has 46 heavy (non-hydrogen) atoms. The highest BCUT2D eigenvalue weighted by atomic mass is 19.1. The standard InChI is InChI=1S/C35H30FN9O/c1-45(2)13-12-38-25-15-22(14-24(36)17-25)32-27-18-31(41-29(27)10-11-39-32)34-33-30(43-44-34)9-8-28(42-33)23-16-26(20-37-19-23)40-35(46)21-6-4-3-5-7-21/h3-11,14-20,38,41H,12-13H2,1-2H3,(H,40,46)(H,43,44). The Bertz CT molecular complexity index is 2190. The summed E-state index contributed by atoms with van der Waals surface area (Å²) in [6, 6.07) is 23.4. The Hall–Kier alpha value is -5.94. The summed E-state index contributed by atoms with van der Waals surface area (Å²) in [7, 11) is 3.99. The van der Waals surface area contributed by atoms with Crippen LogP contribution in [0.4, 0.5) is 15.8 Å². The van der Waals surface area contributed by atoms with E-state index >= 15 is 0 Å². The van der Waals surface area contributed by atoms with Gasteiger partial charge >= 0.3 is 0 Å². The third kappa shape index (κ3) is 5.91. The lowest BCUT2D eigenvalue weighted by atomic mass is 10.1. The molecule has 1 amide bonds. The Morgan fingerprint density at radius 3 is 2.59 bits per heavy atom. The van der Waals surface area contributed by atoms with Crippen LogP contribution in [0.1, 0.15) is 10.4 Å².